The van der Waals surface area contributed by atoms with Crippen molar-refractivity contribution in [2.75, 3.05) is 24.7 Å². The number of sulfonamides is 1. The molecule has 8 nitrogen and oxygen atoms in total. The first-order chi connectivity index (χ1) is 20.0. The Bertz CT molecular complexity index is 2120. The zero-order valence-corrected chi connectivity index (χ0v) is 23.5. The second-order valence-corrected chi connectivity index (χ2v) is 11.8. The highest BCUT2D eigenvalue weighted by atomic mass is 32.2. The Morgan fingerprint density at radius 2 is 1.74 bits per heavy atom. The predicted molar refractivity (Wildman–Crippen MR) is 159 cm³/mol. The first kappa shape index (κ1) is 27.2. The average molecular weight is 587 g/mol. The minimum absolute atomic E-state index is 0.213. The molecule has 0 fully saturated rings. The number of carbonyl (C=O) groups is 1. The number of benzene rings is 3. The van der Waals surface area contributed by atoms with Crippen molar-refractivity contribution >= 4 is 43.5 Å². The summed E-state index contributed by atoms with van der Waals surface area (Å²) in [5.74, 6) is -1.03. The molecule has 0 aliphatic carbocycles. The third-order valence-electron chi connectivity index (χ3n) is 7.16. The molecule has 3 aromatic heterocycles. The quantitative estimate of drug-likeness (QED) is 0.237. The fourth-order valence-corrected chi connectivity index (χ4v) is 5.47. The van der Waals surface area contributed by atoms with E-state index in [0.29, 0.717) is 50.1 Å². The van der Waals surface area contributed by atoms with E-state index in [1.165, 1.54) is 44.4 Å². The van der Waals surface area contributed by atoms with E-state index in [1.54, 1.807) is 48.7 Å². The van der Waals surface area contributed by atoms with Gasteiger partial charge in [-0.2, -0.15) is 0 Å². The van der Waals surface area contributed by atoms with Crippen molar-refractivity contribution in [1.82, 2.24) is 15.3 Å². The maximum atomic E-state index is 14.4. The van der Waals surface area contributed by atoms with Crippen LogP contribution in [0, 0.1) is 11.6 Å². The minimum atomic E-state index is -3.71. The predicted octanol–water partition coefficient (Wildman–Crippen LogP) is 6.34. The molecule has 0 saturated heterocycles. The molecular weight excluding hydrogens is 562 g/mol. The van der Waals surface area contributed by atoms with Gasteiger partial charge in [-0.3, -0.25) is 14.1 Å². The zero-order valence-electron chi connectivity index (χ0n) is 22.7. The lowest BCUT2D eigenvalue weighted by atomic mass is 9.98. The van der Waals surface area contributed by atoms with Crippen molar-refractivity contribution in [2.24, 2.45) is 0 Å². The second-order valence-electron chi connectivity index (χ2n) is 9.80. The third-order valence-corrected chi connectivity index (χ3v) is 8.35. The van der Waals surface area contributed by atoms with E-state index in [-0.39, 0.29) is 22.7 Å². The van der Waals surface area contributed by atoms with Crippen molar-refractivity contribution in [1.29, 1.82) is 0 Å². The van der Waals surface area contributed by atoms with Crippen LogP contribution >= 0.6 is 0 Å². The Balaban J connectivity index is 1.60. The molecule has 0 aliphatic rings. The Labute approximate surface area is 239 Å². The van der Waals surface area contributed by atoms with Crippen molar-refractivity contribution in [3.8, 4) is 33.8 Å². The van der Waals surface area contributed by atoms with Gasteiger partial charge in [0, 0.05) is 53.8 Å². The highest BCUT2D eigenvalue weighted by Gasteiger charge is 2.26. The number of hydrogen-bond donors (Lipinski definition) is 2. The highest BCUT2D eigenvalue weighted by Crippen LogP contribution is 2.42. The van der Waals surface area contributed by atoms with Crippen LogP contribution in [0.3, 0.4) is 0 Å². The van der Waals surface area contributed by atoms with E-state index in [4.69, 9.17) is 4.42 Å². The number of anilines is 1. The number of nitrogens with zero attached hydrogens (tertiary/aromatic N) is 2. The lowest BCUT2D eigenvalue weighted by molar-refractivity contribution is 0.0964. The molecule has 212 valence electrons. The number of hydrogen-bond acceptors (Lipinski definition) is 5. The lowest BCUT2D eigenvalue weighted by Gasteiger charge is -2.21. The van der Waals surface area contributed by atoms with Gasteiger partial charge in [-0.15, -0.1) is 0 Å². The fourth-order valence-electron chi connectivity index (χ4n) is 4.96. The van der Waals surface area contributed by atoms with Crippen LogP contribution in [-0.2, 0) is 10.0 Å². The van der Waals surface area contributed by atoms with Gasteiger partial charge >= 0.3 is 0 Å². The number of amides is 1. The van der Waals surface area contributed by atoms with E-state index in [9.17, 15) is 22.0 Å². The molecule has 42 heavy (non-hydrogen) atoms. The molecule has 11 heteroatoms. The maximum Gasteiger partial charge on any atom is 0.255 e. The molecule has 6 aromatic rings. The topological polar surface area (TPSA) is 108 Å². The van der Waals surface area contributed by atoms with Gasteiger partial charge < -0.3 is 14.7 Å². The molecule has 0 bridgehead atoms. The van der Waals surface area contributed by atoms with Gasteiger partial charge in [0.05, 0.1) is 28.9 Å². The van der Waals surface area contributed by atoms with E-state index >= 15 is 0 Å². The highest BCUT2D eigenvalue weighted by molar-refractivity contribution is 7.92. The summed E-state index contributed by atoms with van der Waals surface area (Å²) in [6.45, 7) is 0. The van der Waals surface area contributed by atoms with Gasteiger partial charge in [0.2, 0.25) is 10.0 Å². The molecule has 3 heterocycles. The van der Waals surface area contributed by atoms with E-state index in [2.05, 4.69) is 15.3 Å². The van der Waals surface area contributed by atoms with Crippen LogP contribution < -0.4 is 9.62 Å². The average Bonchev–Trinajstić information content (AvgIpc) is 3.58. The van der Waals surface area contributed by atoms with Gasteiger partial charge in [-0.05, 0) is 66.2 Å². The zero-order chi connectivity index (χ0) is 29.8. The first-order valence-corrected chi connectivity index (χ1v) is 14.7. The van der Waals surface area contributed by atoms with Gasteiger partial charge in [-0.1, -0.05) is 6.07 Å². The molecule has 0 saturated carbocycles. The normalized spacial score (nSPS) is 11.7. The molecule has 0 radical (unpaired) electrons. The largest absolute Gasteiger partial charge is 0.455 e. The number of fused-ring (bicyclic) bond motifs is 2. The van der Waals surface area contributed by atoms with Crippen LogP contribution in [0.25, 0.3) is 55.7 Å². The first-order valence-electron chi connectivity index (χ1n) is 12.8. The van der Waals surface area contributed by atoms with Gasteiger partial charge in [0.25, 0.3) is 5.91 Å². The number of carbonyl (C=O) groups excluding carboxylic acids is 1. The minimum Gasteiger partial charge on any atom is -0.455 e. The van der Waals surface area contributed by atoms with E-state index in [1.807, 2.05) is 0 Å². The molecule has 0 spiro atoms. The van der Waals surface area contributed by atoms with Crippen LogP contribution in [0.4, 0.5) is 14.5 Å². The number of aromatic amines is 1. The Morgan fingerprint density at radius 3 is 2.43 bits per heavy atom. The number of H-pyrrole nitrogens is 1. The number of rotatable bonds is 6. The maximum absolute atomic E-state index is 14.4. The molecule has 3 aromatic carbocycles. The molecule has 1 amide bonds. The number of pyridine rings is 1. The van der Waals surface area contributed by atoms with E-state index < -0.39 is 21.7 Å². The Hall–Kier alpha value is -5.03. The number of nitrogens with one attached hydrogen (secondary N) is 2. The summed E-state index contributed by atoms with van der Waals surface area (Å²) in [7, 11) is -0.804. The van der Waals surface area contributed by atoms with Crippen molar-refractivity contribution in [3.05, 3.63) is 96.2 Å². The molecule has 0 atom stereocenters. The SMILES string of the molecule is CNC(=O)c1c(-c2ccc(F)cc2)oc2cc(N(C)S(C)(=O)=O)c(-c3ccnc(-c4cc5c(F)cccc5[nH]4)c3)cc12. The lowest BCUT2D eigenvalue weighted by Crippen LogP contribution is -2.25. The fraction of sp³-hybridized carbons (Fsp3) is 0.0968. The van der Waals surface area contributed by atoms with Crippen LogP contribution in [-0.4, -0.2) is 44.6 Å². The van der Waals surface area contributed by atoms with Crippen LogP contribution in [0.1, 0.15) is 10.4 Å². The molecule has 2 N–H and O–H groups in total. The molecule has 0 unspecified atom stereocenters. The summed E-state index contributed by atoms with van der Waals surface area (Å²) in [4.78, 5) is 20.8. The van der Waals surface area contributed by atoms with Gasteiger partial charge in [0.15, 0.2) is 0 Å². The molecule has 0 aliphatic heterocycles. The van der Waals surface area contributed by atoms with Crippen LogP contribution in [0.5, 0.6) is 0 Å². The standard InChI is InChI=1S/C31H24F2N4O4S/c1-34-31(38)29-22-14-20(18-11-12-35-25(13-18)26-15-21-23(33)5-4-6-24(21)36-26)27(37(2)42(3,39)40)16-28(22)41-30(29)17-7-9-19(32)10-8-17/h4-16,36H,1-3H3,(H,34,38). The summed E-state index contributed by atoms with van der Waals surface area (Å²) in [6, 6.07) is 18.7. The summed E-state index contributed by atoms with van der Waals surface area (Å²) < 4.78 is 60.7. The third kappa shape index (κ3) is 4.67. The molecule has 6 rings (SSSR count). The van der Waals surface area contributed by atoms with Crippen LogP contribution in [0.15, 0.2) is 83.4 Å². The summed E-state index contributed by atoms with van der Waals surface area (Å²) >= 11 is 0. The second kappa shape index (κ2) is 10.1. The summed E-state index contributed by atoms with van der Waals surface area (Å²) in [6.07, 6.45) is 2.65. The van der Waals surface area contributed by atoms with Crippen LogP contribution in [0.2, 0.25) is 0 Å². The van der Waals surface area contributed by atoms with Crippen molar-refractivity contribution in [2.45, 2.75) is 0 Å². The number of halogens is 2. The summed E-state index contributed by atoms with van der Waals surface area (Å²) in [5.41, 5.74) is 4.02. The Kier molecular flexibility index (Phi) is 6.53. The number of furan rings is 1. The molecular formula is C31H24F2N4O4S. The number of aromatic nitrogens is 2. The Morgan fingerprint density at radius 1 is 0.976 bits per heavy atom. The smallest absolute Gasteiger partial charge is 0.255 e. The van der Waals surface area contributed by atoms with Gasteiger partial charge in [-0.25, -0.2) is 17.2 Å². The van der Waals surface area contributed by atoms with E-state index in [0.717, 1.165) is 10.6 Å². The van der Waals surface area contributed by atoms with Crippen molar-refractivity contribution in [3.63, 3.8) is 0 Å². The van der Waals surface area contributed by atoms with Gasteiger partial charge in [0.1, 0.15) is 23.0 Å². The monoisotopic (exact) mass is 586 g/mol. The van der Waals surface area contributed by atoms with Crippen molar-refractivity contribution < 1.29 is 26.4 Å². The summed E-state index contributed by atoms with van der Waals surface area (Å²) in [5, 5.41) is 3.47.